The molecule has 2 heterocycles. The number of sulfonamides is 1. The molecule has 184 valence electrons. The maximum atomic E-state index is 13.1. The number of nitro benzene ring substituents is 1. The number of rotatable bonds is 8. The van der Waals surface area contributed by atoms with E-state index >= 15 is 0 Å². The number of anilines is 1. The number of hydrogen-bond donors (Lipinski definition) is 1. The molecular weight excluding hydrogens is 458 g/mol. The summed E-state index contributed by atoms with van der Waals surface area (Å²) in [6.45, 7) is 5.50. The van der Waals surface area contributed by atoms with Crippen molar-refractivity contribution in [3.63, 3.8) is 0 Å². The van der Waals surface area contributed by atoms with Crippen molar-refractivity contribution in [1.82, 2.24) is 14.1 Å². The summed E-state index contributed by atoms with van der Waals surface area (Å²) in [5.74, 6) is 0. The average molecular weight is 490 g/mol. The summed E-state index contributed by atoms with van der Waals surface area (Å²) >= 11 is 0. The van der Waals surface area contributed by atoms with Gasteiger partial charge in [0.05, 0.1) is 29.1 Å². The third-order valence-electron chi connectivity index (χ3n) is 6.34. The Morgan fingerprint density at radius 3 is 2.35 bits per heavy atom. The standard InChI is InChI=1S/C23H31N5O5S/c1-25-9-11-27(12-10-25)34(31,32)20-7-8-21(23(17-20)28(29)30)24-22(19-5-3-2-4-6-19)18-26-13-15-33-16-14-26/h2-8,17,22,24H,9-16,18H2,1H3/t22-/m0/s1. The Bertz CT molecular complexity index is 1080. The van der Waals surface area contributed by atoms with Gasteiger partial charge in [-0.2, -0.15) is 4.31 Å². The zero-order chi connectivity index (χ0) is 24.1. The molecule has 10 nitrogen and oxygen atoms in total. The van der Waals surface area contributed by atoms with Crippen LogP contribution >= 0.6 is 0 Å². The molecule has 0 amide bonds. The van der Waals surface area contributed by atoms with E-state index in [-0.39, 0.29) is 16.6 Å². The molecule has 0 saturated carbocycles. The van der Waals surface area contributed by atoms with Gasteiger partial charge in [0, 0.05) is 51.9 Å². The summed E-state index contributed by atoms with van der Waals surface area (Å²) in [7, 11) is -1.87. The minimum absolute atomic E-state index is 0.0567. The van der Waals surface area contributed by atoms with Crippen LogP contribution in [0, 0.1) is 10.1 Å². The Labute approximate surface area is 200 Å². The van der Waals surface area contributed by atoms with Crippen LogP contribution in [-0.2, 0) is 14.8 Å². The molecule has 11 heteroatoms. The van der Waals surface area contributed by atoms with Crippen LogP contribution in [0.2, 0.25) is 0 Å². The van der Waals surface area contributed by atoms with Crippen LogP contribution in [0.1, 0.15) is 11.6 Å². The van der Waals surface area contributed by atoms with Gasteiger partial charge in [-0.25, -0.2) is 8.42 Å². The first-order valence-corrected chi connectivity index (χ1v) is 12.9. The van der Waals surface area contributed by atoms with E-state index in [1.165, 1.54) is 22.5 Å². The molecule has 0 aromatic heterocycles. The lowest BCUT2D eigenvalue weighted by Gasteiger charge is -2.32. The Kier molecular flexibility index (Phi) is 7.79. The fourth-order valence-electron chi connectivity index (χ4n) is 4.27. The summed E-state index contributed by atoms with van der Waals surface area (Å²) in [6.07, 6.45) is 0. The van der Waals surface area contributed by atoms with E-state index < -0.39 is 14.9 Å². The maximum absolute atomic E-state index is 13.1. The Balaban J connectivity index is 1.61. The molecule has 0 unspecified atom stereocenters. The number of nitrogens with zero attached hydrogens (tertiary/aromatic N) is 4. The highest BCUT2D eigenvalue weighted by atomic mass is 32.2. The number of benzene rings is 2. The van der Waals surface area contributed by atoms with Crippen LogP contribution in [0.25, 0.3) is 0 Å². The summed E-state index contributed by atoms with van der Waals surface area (Å²) < 4.78 is 33.1. The molecule has 0 aliphatic carbocycles. The molecule has 2 aromatic carbocycles. The van der Waals surface area contributed by atoms with Gasteiger partial charge < -0.3 is 15.0 Å². The Hall–Kier alpha value is -2.57. The summed E-state index contributed by atoms with van der Waals surface area (Å²) in [5, 5.41) is 15.3. The largest absolute Gasteiger partial charge is 0.379 e. The minimum Gasteiger partial charge on any atom is -0.379 e. The molecule has 0 radical (unpaired) electrons. The second-order valence-electron chi connectivity index (χ2n) is 8.66. The number of hydrogen-bond acceptors (Lipinski definition) is 8. The van der Waals surface area contributed by atoms with E-state index in [1.54, 1.807) is 0 Å². The van der Waals surface area contributed by atoms with Gasteiger partial charge in [-0.05, 0) is 24.7 Å². The molecular formula is C23H31N5O5S. The zero-order valence-corrected chi connectivity index (χ0v) is 20.1. The van der Waals surface area contributed by atoms with Crippen LogP contribution < -0.4 is 5.32 Å². The number of piperazine rings is 1. The smallest absolute Gasteiger partial charge is 0.293 e. The third kappa shape index (κ3) is 5.73. The van der Waals surface area contributed by atoms with Crippen molar-refractivity contribution in [2.45, 2.75) is 10.9 Å². The number of nitrogens with one attached hydrogen (secondary N) is 1. The van der Waals surface area contributed by atoms with Crippen molar-refractivity contribution in [2.75, 3.05) is 71.4 Å². The highest BCUT2D eigenvalue weighted by molar-refractivity contribution is 7.89. The van der Waals surface area contributed by atoms with Gasteiger partial charge in [-0.3, -0.25) is 15.0 Å². The van der Waals surface area contributed by atoms with Crippen molar-refractivity contribution in [3.05, 3.63) is 64.2 Å². The molecule has 0 bridgehead atoms. The van der Waals surface area contributed by atoms with Crippen molar-refractivity contribution in [3.8, 4) is 0 Å². The molecule has 1 N–H and O–H groups in total. The zero-order valence-electron chi connectivity index (χ0n) is 19.3. The SMILES string of the molecule is CN1CCN(S(=O)(=O)c2ccc(N[C@@H](CN3CCOCC3)c3ccccc3)c([N+](=O)[O-])c2)CC1. The summed E-state index contributed by atoms with van der Waals surface area (Å²) in [6, 6.07) is 13.7. The van der Waals surface area contributed by atoms with Crippen molar-refractivity contribution in [2.24, 2.45) is 0 Å². The van der Waals surface area contributed by atoms with Crippen LogP contribution in [0.3, 0.4) is 0 Å². The number of likely N-dealkylation sites (N-methyl/N-ethyl adjacent to an activating group) is 1. The first kappa shape index (κ1) is 24.6. The Morgan fingerprint density at radius 2 is 1.71 bits per heavy atom. The second kappa shape index (κ2) is 10.8. The summed E-state index contributed by atoms with van der Waals surface area (Å²) in [5.41, 5.74) is 1.04. The molecule has 2 fully saturated rings. The molecule has 2 saturated heterocycles. The first-order valence-electron chi connectivity index (χ1n) is 11.4. The molecule has 4 rings (SSSR count). The fourth-order valence-corrected chi connectivity index (χ4v) is 5.71. The fraction of sp³-hybridized carbons (Fsp3) is 0.478. The highest BCUT2D eigenvalue weighted by Gasteiger charge is 2.30. The van der Waals surface area contributed by atoms with Gasteiger partial charge in [0.15, 0.2) is 0 Å². The van der Waals surface area contributed by atoms with E-state index in [2.05, 4.69) is 15.1 Å². The van der Waals surface area contributed by atoms with Crippen LogP contribution in [0.15, 0.2) is 53.4 Å². The number of morpholine rings is 1. The van der Waals surface area contributed by atoms with Crippen LogP contribution in [-0.4, -0.2) is 93.5 Å². The Morgan fingerprint density at radius 1 is 1.03 bits per heavy atom. The predicted octanol–water partition coefficient (Wildman–Crippen LogP) is 2.02. The van der Waals surface area contributed by atoms with E-state index in [9.17, 15) is 18.5 Å². The van der Waals surface area contributed by atoms with Crippen LogP contribution in [0.4, 0.5) is 11.4 Å². The highest BCUT2D eigenvalue weighted by Crippen LogP contribution is 2.32. The van der Waals surface area contributed by atoms with E-state index in [0.717, 1.165) is 18.7 Å². The first-order chi connectivity index (χ1) is 16.3. The average Bonchev–Trinajstić information content (AvgIpc) is 2.85. The lowest BCUT2D eigenvalue weighted by molar-refractivity contribution is -0.384. The molecule has 2 aromatic rings. The van der Waals surface area contributed by atoms with Crippen molar-refractivity contribution in [1.29, 1.82) is 0 Å². The van der Waals surface area contributed by atoms with Gasteiger partial charge in [0.25, 0.3) is 5.69 Å². The van der Waals surface area contributed by atoms with Gasteiger partial charge in [-0.1, -0.05) is 30.3 Å². The second-order valence-corrected chi connectivity index (χ2v) is 10.6. The molecule has 2 aliphatic heterocycles. The normalized spacial score (nSPS) is 19.6. The molecule has 0 spiro atoms. The van der Waals surface area contributed by atoms with E-state index in [1.807, 2.05) is 37.4 Å². The lowest BCUT2D eigenvalue weighted by Crippen LogP contribution is -2.47. The molecule has 2 aliphatic rings. The van der Waals surface area contributed by atoms with Gasteiger partial charge in [0.2, 0.25) is 10.0 Å². The van der Waals surface area contributed by atoms with E-state index in [4.69, 9.17) is 4.74 Å². The van der Waals surface area contributed by atoms with Gasteiger partial charge >= 0.3 is 0 Å². The predicted molar refractivity (Wildman–Crippen MR) is 129 cm³/mol. The lowest BCUT2D eigenvalue weighted by atomic mass is 10.1. The number of nitro groups is 1. The van der Waals surface area contributed by atoms with Gasteiger partial charge in [-0.15, -0.1) is 0 Å². The minimum atomic E-state index is -3.81. The monoisotopic (exact) mass is 489 g/mol. The maximum Gasteiger partial charge on any atom is 0.293 e. The van der Waals surface area contributed by atoms with Crippen LogP contribution in [0.5, 0.6) is 0 Å². The van der Waals surface area contributed by atoms with Gasteiger partial charge in [0.1, 0.15) is 5.69 Å². The van der Waals surface area contributed by atoms with E-state index in [0.29, 0.717) is 51.6 Å². The van der Waals surface area contributed by atoms with Crippen molar-refractivity contribution >= 4 is 21.4 Å². The molecule has 1 atom stereocenters. The number of ether oxygens (including phenoxy) is 1. The third-order valence-corrected chi connectivity index (χ3v) is 8.24. The van der Waals surface area contributed by atoms with Crippen molar-refractivity contribution < 1.29 is 18.1 Å². The topological polar surface area (TPSA) is 108 Å². The quantitative estimate of drug-likeness (QED) is 0.443. The summed E-state index contributed by atoms with van der Waals surface area (Å²) in [4.78, 5) is 15.7. The molecule has 34 heavy (non-hydrogen) atoms.